The van der Waals surface area contributed by atoms with Gasteiger partial charge in [-0.3, -0.25) is 19.0 Å². The molecular weight excluding hydrogens is 228 g/mol. The minimum absolute atomic E-state index is 0.00968. The summed E-state index contributed by atoms with van der Waals surface area (Å²) in [6.45, 7) is 7.26. The van der Waals surface area contributed by atoms with Gasteiger partial charge in [-0.25, -0.2) is 5.48 Å². The molecule has 0 aliphatic carbocycles. The lowest BCUT2D eigenvalue weighted by atomic mass is 10.2. The molecule has 5 nitrogen and oxygen atoms in total. The van der Waals surface area contributed by atoms with Crippen LogP contribution in [0.25, 0.3) is 0 Å². The van der Waals surface area contributed by atoms with Crippen LogP contribution in [0.2, 0.25) is 0 Å². The molecule has 1 heterocycles. The van der Waals surface area contributed by atoms with Crippen molar-refractivity contribution in [3.63, 3.8) is 0 Å². The molecule has 0 bridgehead atoms. The lowest BCUT2D eigenvalue weighted by molar-refractivity contribution is -0.146. The van der Waals surface area contributed by atoms with Gasteiger partial charge in [-0.05, 0) is 27.7 Å². The van der Waals surface area contributed by atoms with Gasteiger partial charge in [0.1, 0.15) is 6.54 Å². The zero-order valence-corrected chi connectivity index (χ0v) is 10.7. The largest absolute Gasteiger partial charge is 0.307 e. The minimum atomic E-state index is -0.440. The summed E-state index contributed by atoms with van der Waals surface area (Å²) in [5, 5.41) is 1.72. The molecule has 0 aromatic carbocycles. The van der Waals surface area contributed by atoms with E-state index in [-0.39, 0.29) is 17.3 Å². The zero-order valence-electron chi connectivity index (χ0n) is 9.86. The van der Waals surface area contributed by atoms with E-state index in [0.717, 1.165) is 17.0 Å². The van der Waals surface area contributed by atoms with E-state index >= 15 is 0 Å². The van der Waals surface area contributed by atoms with Gasteiger partial charge in [0.25, 0.3) is 5.91 Å². The molecule has 0 unspecified atom stereocenters. The Hall–Kier alpha value is -1.14. The maximum Gasteiger partial charge on any atom is 0.307 e. The summed E-state index contributed by atoms with van der Waals surface area (Å²) in [6, 6.07) is 0. The normalized spacial score (nSPS) is 11.5. The molecule has 0 atom stereocenters. The Labute approximate surface area is 98.0 Å². The fraction of sp³-hybridized carbons (Fsp3) is 0.600. The van der Waals surface area contributed by atoms with Gasteiger partial charge in [0, 0.05) is 11.1 Å². The average Bonchev–Trinajstić information content (AvgIpc) is 2.45. The van der Waals surface area contributed by atoms with Crippen molar-refractivity contribution >= 4 is 17.2 Å². The van der Waals surface area contributed by atoms with Crippen LogP contribution in [0.4, 0.5) is 0 Å². The molecule has 0 aliphatic heterocycles. The lowest BCUT2D eigenvalue weighted by Gasteiger charge is -2.19. The molecule has 0 saturated heterocycles. The zero-order chi connectivity index (χ0) is 12.3. The van der Waals surface area contributed by atoms with Gasteiger partial charge < -0.3 is 0 Å². The van der Waals surface area contributed by atoms with E-state index in [9.17, 15) is 9.59 Å². The summed E-state index contributed by atoms with van der Waals surface area (Å²) >= 11 is 1.08. The third-order valence-corrected chi connectivity index (χ3v) is 2.63. The number of hydrogen-bond acceptors (Lipinski definition) is 4. The predicted octanol–water partition coefficient (Wildman–Crippen LogP) is 1.06. The molecule has 16 heavy (non-hydrogen) atoms. The topological polar surface area (TPSA) is 60.3 Å². The summed E-state index contributed by atoms with van der Waals surface area (Å²) in [5.74, 6) is -0.335. The summed E-state index contributed by atoms with van der Waals surface area (Å²) in [5.41, 5.74) is 2.66. The second kappa shape index (κ2) is 4.80. The quantitative estimate of drug-likeness (QED) is 0.809. The van der Waals surface area contributed by atoms with Crippen molar-refractivity contribution in [2.45, 2.75) is 39.8 Å². The molecule has 0 spiro atoms. The highest BCUT2D eigenvalue weighted by Crippen LogP contribution is 2.04. The van der Waals surface area contributed by atoms with Crippen LogP contribution in [0.1, 0.15) is 26.5 Å². The summed E-state index contributed by atoms with van der Waals surface area (Å²) < 4.78 is 1.41. The number of aryl methyl sites for hydroxylation is 1. The second-order valence-corrected chi connectivity index (χ2v) is 5.29. The van der Waals surface area contributed by atoms with Gasteiger partial charge in [0.15, 0.2) is 0 Å². The van der Waals surface area contributed by atoms with E-state index < -0.39 is 5.60 Å². The third-order valence-electron chi connectivity index (χ3n) is 1.75. The Morgan fingerprint density at radius 2 is 2.19 bits per heavy atom. The number of carbonyl (C=O) groups is 1. The third kappa shape index (κ3) is 3.79. The number of hydroxylamine groups is 1. The summed E-state index contributed by atoms with van der Waals surface area (Å²) in [7, 11) is 0. The minimum Gasteiger partial charge on any atom is -0.294 e. The number of thiazole rings is 1. The standard InChI is InChI=1S/C10H16N2O3S/c1-7-6-16-9(14)12(7)5-8(13)11-15-10(2,3)4/h6H,5H2,1-4H3,(H,11,13). The summed E-state index contributed by atoms with van der Waals surface area (Å²) in [6.07, 6.45) is 0. The molecule has 0 aliphatic rings. The molecule has 0 saturated carbocycles. The molecule has 1 rings (SSSR count). The van der Waals surface area contributed by atoms with Crippen LogP contribution in [0.15, 0.2) is 10.2 Å². The highest BCUT2D eigenvalue weighted by molar-refractivity contribution is 7.07. The van der Waals surface area contributed by atoms with Gasteiger partial charge in [0.05, 0.1) is 5.60 Å². The SMILES string of the molecule is Cc1csc(=O)n1CC(=O)NOC(C)(C)C. The molecule has 1 aromatic rings. The highest BCUT2D eigenvalue weighted by Gasteiger charge is 2.14. The first-order valence-electron chi connectivity index (χ1n) is 4.91. The average molecular weight is 244 g/mol. The van der Waals surface area contributed by atoms with Gasteiger partial charge in [-0.1, -0.05) is 11.3 Å². The lowest BCUT2D eigenvalue weighted by Crippen LogP contribution is -2.36. The number of aromatic nitrogens is 1. The number of rotatable bonds is 3. The van der Waals surface area contributed by atoms with Crippen molar-refractivity contribution < 1.29 is 9.63 Å². The van der Waals surface area contributed by atoms with Crippen LogP contribution in [-0.4, -0.2) is 16.1 Å². The smallest absolute Gasteiger partial charge is 0.294 e. The van der Waals surface area contributed by atoms with Gasteiger partial charge in [-0.15, -0.1) is 0 Å². The van der Waals surface area contributed by atoms with Crippen LogP contribution in [-0.2, 0) is 16.2 Å². The van der Waals surface area contributed by atoms with Crippen LogP contribution in [0.5, 0.6) is 0 Å². The number of nitrogens with zero attached hydrogens (tertiary/aromatic N) is 1. The molecule has 90 valence electrons. The number of hydrogen-bond donors (Lipinski definition) is 1. The van der Waals surface area contributed by atoms with Crippen molar-refractivity contribution in [1.82, 2.24) is 10.0 Å². The second-order valence-electron chi connectivity index (χ2n) is 4.47. The van der Waals surface area contributed by atoms with E-state index in [0.29, 0.717) is 0 Å². The Bertz CT molecular complexity index is 428. The molecule has 0 fully saturated rings. The van der Waals surface area contributed by atoms with E-state index in [2.05, 4.69) is 5.48 Å². The molecule has 1 N–H and O–H groups in total. The van der Waals surface area contributed by atoms with Gasteiger partial charge >= 0.3 is 4.87 Å². The Morgan fingerprint density at radius 3 is 2.62 bits per heavy atom. The van der Waals surface area contributed by atoms with Crippen molar-refractivity contribution in [2.75, 3.05) is 0 Å². The molecule has 1 aromatic heterocycles. The fourth-order valence-electron chi connectivity index (χ4n) is 0.982. The van der Waals surface area contributed by atoms with E-state index in [1.807, 2.05) is 20.8 Å². The van der Waals surface area contributed by atoms with E-state index in [4.69, 9.17) is 4.84 Å². The Balaban J connectivity index is 2.56. The molecule has 0 radical (unpaired) electrons. The maximum absolute atomic E-state index is 11.5. The highest BCUT2D eigenvalue weighted by atomic mass is 32.1. The monoisotopic (exact) mass is 244 g/mol. The van der Waals surface area contributed by atoms with Crippen LogP contribution in [0, 0.1) is 6.92 Å². The first-order chi connectivity index (χ1) is 7.29. The van der Waals surface area contributed by atoms with E-state index in [1.165, 1.54) is 4.57 Å². The number of carbonyl (C=O) groups excluding carboxylic acids is 1. The van der Waals surface area contributed by atoms with Crippen LogP contribution < -0.4 is 10.4 Å². The predicted molar refractivity (Wildman–Crippen MR) is 62.3 cm³/mol. The Kier molecular flexibility index (Phi) is 3.88. The van der Waals surface area contributed by atoms with Crippen molar-refractivity contribution in [1.29, 1.82) is 0 Å². The molecule has 1 amide bonds. The first kappa shape index (κ1) is 12.9. The number of nitrogens with one attached hydrogen (secondary N) is 1. The Morgan fingerprint density at radius 1 is 1.56 bits per heavy atom. The molecule has 6 heteroatoms. The van der Waals surface area contributed by atoms with Crippen LogP contribution >= 0.6 is 11.3 Å². The van der Waals surface area contributed by atoms with E-state index in [1.54, 1.807) is 12.3 Å². The number of amides is 1. The fourth-order valence-corrected chi connectivity index (χ4v) is 1.72. The van der Waals surface area contributed by atoms with Gasteiger partial charge in [0.2, 0.25) is 0 Å². The van der Waals surface area contributed by atoms with Gasteiger partial charge in [-0.2, -0.15) is 0 Å². The summed E-state index contributed by atoms with van der Waals surface area (Å²) in [4.78, 5) is 27.8. The van der Waals surface area contributed by atoms with Crippen LogP contribution in [0.3, 0.4) is 0 Å². The maximum atomic E-state index is 11.5. The van der Waals surface area contributed by atoms with Crippen molar-refractivity contribution in [3.8, 4) is 0 Å². The van der Waals surface area contributed by atoms with Crippen molar-refractivity contribution in [2.24, 2.45) is 0 Å². The van der Waals surface area contributed by atoms with Crippen molar-refractivity contribution in [3.05, 3.63) is 20.7 Å². The molecular formula is C10H16N2O3S. The first-order valence-corrected chi connectivity index (χ1v) is 5.79.